The van der Waals surface area contributed by atoms with Crippen molar-refractivity contribution < 1.29 is 16.8 Å². The average Bonchev–Trinajstić information content (AvgIpc) is 1.56. The molecular formula is H2F4N3P3. The van der Waals surface area contributed by atoms with Crippen LogP contribution in [0.15, 0.2) is 9.03 Å². The van der Waals surface area contributed by atoms with Crippen LogP contribution < -0.4 is 4.86 Å². The van der Waals surface area contributed by atoms with Gasteiger partial charge in [-0.05, 0) is 0 Å². The van der Waals surface area contributed by atoms with Gasteiger partial charge in [0.25, 0.3) is 0 Å². The molecule has 0 spiro atoms. The van der Waals surface area contributed by atoms with Gasteiger partial charge in [0, 0.05) is 0 Å². The first kappa shape index (κ1) is 8.54. The molecule has 0 aromatic carbocycles. The van der Waals surface area contributed by atoms with Crippen LogP contribution in [0.5, 0.6) is 0 Å². The molecule has 0 radical (unpaired) electrons. The summed E-state index contributed by atoms with van der Waals surface area (Å²) in [5.74, 6) is 0. The zero-order valence-electron chi connectivity index (χ0n) is 4.30. The molecule has 10 heavy (non-hydrogen) atoms. The molecule has 0 fully saturated rings. The second-order valence-corrected chi connectivity index (χ2v) is 6.06. The van der Waals surface area contributed by atoms with E-state index in [2.05, 4.69) is 9.03 Å². The molecule has 0 atom stereocenters. The number of nitrogens with one attached hydrogen (secondary N) is 1. The van der Waals surface area contributed by atoms with E-state index in [-0.39, 0.29) is 0 Å². The molecule has 1 aliphatic heterocycles. The van der Waals surface area contributed by atoms with Gasteiger partial charge >= 0.3 is 55.2 Å². The molecule has 0 aliphatic carbocycles. The Labute approximate surface area is 56.2 Å². The number of rotatable bonds is 0. The third-order valence-electron chi connectivity index (χ3n) is 0.592. The molecule has 0 unspecified atom stereocenters. The summed E-state index contributed by atoms with van der Waals surface area (Å²) in [6.45, 7) is 0. The fourth-order valence-electron chi connectivity index (χ4n) is 0.333. The summed E-state index contributed by atoms with van der Waals surface area (Å²) >= 11 is 0. The predicted molar refractivity (Wildman–Crippen MR) is 34.6 cm³/mol. The molecule has 0 amide bonds. The number of hydrogen-bond acceptors (Lipinski definition) is 3. The van der Waals surface area contributed by atoms with Crippen molar-refractivity contribution in [3.05, 3.63) is 0 Å². The molecule has 1 rings (SSSR count). The van der Waals surface area contributed by atoms with E-state index in [9.17, 15) is 16.8 Å². The fourth-order valence-corrected chi connectivity index (χ4v) is 4.16. The second kappa shape index (κ2) is 2.49. The number of halogens is 4. The standard InChI is InChI=1S/F4H2N3P3/c1-9(2)5-8-6-10(3,4)7-9/h7,9H. The van der Waals surface area contributed by atoms with Crippen LogP contribution in [-0.2, 0) is 0 Å². The topological polar surface area (TPSA) is 36.8 Å². The van der Waals surface area contributed by atoms with Crippen molar-refractivity contribution in [2.75, 3.05) is 0 Å². The van der Waals surface area contributed by atoms with Crippen molar-refractivity contribution >= 4 is 24.5 Å². The number of hydrogen-bond donors (Lipinski definition) is 1. The van der Waals surface area contributed by atoms with E-state index >= 15 is 0 Å². The van der Waals surface area contributed by atoms with Crippen LogP contribution in [0, 0.1) is 0 Å². The Balaban J connectivity index is 2.89. The minimum absolute atomic E-state index is 0.545. The second-order valence-electron chi connectivity index (χ2n) is 1.42. The van der Waals surface area contributed by atoms with Crippen LogP contribution in [0.1, 0.15) is 0 Å². The van der Waals surface area contributed by atoms with E-state index in [0.29, 0.717) is 0 Å². The zero-order chi connectivity index (χ0) is 7.83. The van der Waals surface area contributed by atoms with E-state index in [4.69, 9.17) is 0 Å². The summed E-state index contributed by atoms with van der Waals surface area (Å²) in [7, 11) is -10.6. The van der Waals surface area contributed by atoms with Gasteiger partial charge in [-0.25, -0.2) is 0 Å². The SMILES string of the molecule is FP1(F)=NP=N[PH](F)(F)N1. The van der Waals surface area contributed by atoms with Crippen LogP contribution in [0.25, 0.3) is 0 Å². The third kappa shape index (κ3) is 2.24. The molecule has 1 heterocycles. The van der Waals surface area contributed by atoms with Gasteiger partial charge in [-0.15, -0.1) is 0 Å². The maximum absolute atomic E-state index is 12.0. The molecule has 0 aromatic heterocycles. The summed E-state index contributed by atoms with van der Waals surface area (Å²) in [6.07, 6.45) is 0. The van der Waals surface area contributed by atoms with Gasteiger partial charge in [0.15, 0.2) is 0 Å². The minimum atomic E-state index is -5.16. The summed E-state index contributed by atoms with van der Waals surface area (Å²) in [6, 6.07) is 0. The molecule has 0 bridgehead atoms. The van der Waals surface area contributed by atoms with Crippen LogP contribution in [0.4, 0.5) is 16.8 Å². The summed E-state index contributed by atoms with van der Waals surface area (Å²) in [5.41, 5.74) is 0. The van der Waals surface area contributed by atoms with Crippen molar-refractivity contribution in [2.45, 2.75) is 0 Å². The molecule has 0 saturated heterocycles. The Bertz CT molecular complexity index is 214. The van der Waals surface area contributed by atoms with Crippen molar-refractivity contribution in [3.8, 4) is 0 Å². The Kier molecular flexibility index (Phi) is 2.12. The van der Waals surface area contributed by atoms with Crippen molar-refractivity contribution in [2.24, 2.45) is 9.03 Å². The quantitative estimate of drug-likeness (QED) is 0.481. The normalized spacial score (nSPS) is 32.4. The van der Waals surface area contributed by atoms with Crippen LogP contribution in [-0.4, -0.2) is 0 Å². The molecule has 0 saturated carbocycles. The summed E-state index contributed by atoms with van der Waals surface area (Å²) in [4.78, 5) is 0.875. The first-order chi connectivity index (χ1) is 4.41. The van der Waals surface area contributed by atoms with Gasteiger partial charge in [0.2, 0.25) is 0 Å². The van der Waals surface area contributed by atoms with Crippen molar-refractivity contribution in [1.82, 2.24) is 4.86 Å². The molecule has 3 nitrogen and oxygen atoms in total. The molecule has 60 valence electrons. The van der Waals surface area contributed by atoms with Gasteiger partial charge in [0.1, 0.15) is 0 Å². The van der Waals surface area contributed by atoms with E-state index in [0.717, 1.165) is 4.86 Å². The fraction of sp³-hybridized carbons (Fsp3) is 0. The summed E-state index contributed by atoms with van der Waals surface area (Å²) < 4.78 is 53.3. The Morgan fingerprint density at radius 2 is 2.00 bits per heavy atom. The Hall–Kier alpha value is 0.440. The molecule has 0 aromatic rings. The van der Waals surface area contributed by atoms with E-state index in [1.54, 1.807) is 0 Å². The molecular weight excluding hydrogens is 211 g/mol. The zero-order valence-corrected chi connectivity index (χ0v) is 7.09. The van der Waals surface area contributed by atoms with Crippen LogP contribution in [0.3, 0.4) is 0 Å². The first-order valence-electron chi connectivity index (χ1n) is 2.01. The third-order valence-corrected chi connectivity index (χ3v) is 5.33. The van der Waals surface area contributed by atoms with E-state index in [1.165, 1.54) is 0 Å². The molecule has 10 heteroatoms. The van der Waals surface area contributed by atoms with Gasteiger partial charge in [-0.2, -0.15) is 0 Å². The van der Waals surface area contributed by atoms with Gasteiger partial charge in [-0.1, -0.05) is 0 Å². The average molecular weight is 213 g/mol. The maximum atomic E-state index is 12.0. The van der Waals surface area contributed by atoms with E-state index in [1.807, 2.05) is 0 Å². The number of nitrogens with zero attached hydrogens (tertiary/aromatic N) is 2. The Morgan fingerprint density at radius 3 is 2.30 bits per heavy atom. The van der Waals surface area contributed by atoms with Crippen LogP contribution >= 0.6 is 24.5 Å². The first-order valence-corrected chi connectivity index (χ1v) is 6.04. The molecule has 1 aliphatic rings. The van der Waals surface area contributed by atoms with E-state index < -0.39 is 24.5 Å². The molecule has 1 N–H and O–H groups in total. The van der Waals surface area contributed by atoms with Gasteiger partial charge in [-0.3, -0.25) is 0 Å². The predicted octanol–water partition coefficient (Wildman–Crippen LogP) is 3.87. The Morgan fingerprint density at radius 1 is 1.40 bits per heavy atom. The summed E-state index contributed by atoms with van der Waals surface area (Å²) in [5, 5.41) is 0. The van der Waals surface area contributed by atoms with Gasteiger partial charge in [0.05, 0.1) is 0 Å². The van der Waals surface area contributed by atoms with Crippen molar-refractivity contribution in [3.63, 3.8) is 0 Å². The van der Waals surface area contributed by atoms with Crippen LogP contribution in [0.2, 0.25) is 0 Å². The van der Waals surface area contributed by atoms with Gasteiger partial charge < -0.3 is 0 Å². The monoisotopic (exact) mass is 213 g/mol. The van der Waals surface area contributed by atoms with Crippen molar-refractivity contribution in [1.29, 1.82) is 0 Å².